The van der Waals surface area contributed by atoms with Gasteiger partial charge in [0.25, 0.3) is 0 Å². The molecule has 0 amide bonds. The number of hydrogen-bond acceptors (Lipinski definition) is 0. The van der Waals surface area contributed by atoms with Crippen LogP contribution in [0.15, 0.2) is 0 Å². The van der Waals surface area contributed by atoms with Gasteiger partial charge >= 0.3 is 58.6 Å². The fourth-order valence-electron chi connectivity index (χ4n) is 1.10. The molecule has 39 valence electrons. The van der Waals surface area contributed by atoms with Gasteiger partial charge in [-0.1, -0.05) is 0 Å². The van der Waals surface area contributed by atoms with Crippen LogP contribution in [0.4, 0.5) is 0 Å². The zero-order chi connectivity index (χ0) is 5.11. The van der Waals surface area contributed by atoms with E-state index in [1.165, 1.54) is 32.1 Å². The molecule has 1 saturated carbocycles. The quantitative estimate of drug-likeness (QED) is 0.526. The van der Waals surface area contributed by atoms with Crippen molar-refractivity contribution in [2.45, 2.75) is 36.0 Å². The van der Waals surface area contributed by atoms with E-state index in [1.807, 2.05) is 0 Å². The van der Waals surface area contributed by atoms with Crippen LogP contribution in [0.1, 0.15) is 32.1 Å². The zero-order valence-corrected chi connectivity index (χ0v) is 7.47. The first-order chi connectivity index (χ1) is 3.39. The molecule has 1 aliphatic carbocycles. The summed E-state index contributed by atoms with van der Waals surface area (Å²) in [6.07, 6.45) is 7.58. The van der Waals surface area contributed by atoms with Crippen molar-refractivity contribution in [2.75, 3.05) is 0 Å². The molecule has 0 aromatic heterocycles. The Balaban J connectivity index is 2.12. The van der Waals surface area contributed by atoms with E-state index in [2.05, 4.69) is 0 Å². The van der Waals surface area contributed by atoms with Crippen LogP contribution in [-0.2, 0) is 0 Å². The van der Waals surface area contributed by atoms with Crippen molar-refractivity contribution < 1.29 is 0 Å². The van der Waals surface area contributed by atoms with Gasteiger partial charge in [-0.05, 0) is 0 Å². The first-order valence-corrected chi connectivity index (χ1v) is 4.75. The Morgan fingerprint density at radius 2 is 1.57 bits per heavy atom. The van der Waals surface area contributed by atoms with Crippen molar-refractivity contribution in [3.05, 3.63) is 0 Å². The van der Waals surface area contributed by atoms with Gasteiger partial charge in [0.15, 0.2) is 0 Å². The molecule has 1 rings (SSSR count). The molecule has 0 saturated heterocycles. The van der Waals surface area contributed by atoms with E-state index in [9.17, 15) is 0 Å². The Labute approximate surface area is 58.8 Å². The molecule has 0 aliphatic heterocycles. The Bertz CT molecular complexity index is 46.1. The van der Waals surface area contributed by atoms with Gasteiger partial charge in [0.1, 0.15) is 0 Å². The second kappa shape index (κ2) is 2.95. The molecule has 0 bridgehead atoms. The second-order valence-electron chi connectivity index (χ2n) is 2.33. The van der Waals surface area contributed by atoms with Crippen molar-refractivity contribution in [2.24, 2.45) is 0 Å². The molecule has 1 heteroatoms. The Morgan fingerprint density at radius 3 is 1.86 bits per heavy atom. The maximum atomic E-state index is 1.77. The maximum absolute atomic E-state index is 1.77. The monoisotopic (exact) mass is 203 g/mol. The van der Waals surface area contributed by atoms with Gasteiger partial charge in [0, 0.05) is 0 Å². The third-order valence-corrected chi connectivity index (χ3v) is 3.25. The van der Waals surface area contributed by atoms with E-state index in [4.69, 9.17) is 0 Å². The average molecular weight is 202 g/mol. The van der Waals surface area contributed by atoms with Crippen molar-refractivity contribution in [1.82, 2.24) is 0 Å². The van der Waals surface area contributed by atoms with E-state index in [1.54, 1.807) is 22.5 Å². The van der Waals surface area contributed by atoms with E-state index < -0.39 is 0 Å². The number of hydrogen-bond donors (Lipinski definition) is 0. The summed E-state index contributed by atoms with van der Waals surface area (Å²) < 4.78 is 1.13. The summed E-state index contributed by atoms with van der Waals surface area (Å²) in [5, 5.41) is 0. The van der Waals surface area contributed by atoms with Gasteiger partial charge in [-0.3, -0.25) is 0 Å². The van der Waals surface area contributed by atoms with E-state index in [-0.39, 0.29) is 0 Å². The van der Waals surface area contributed by atoms with E-state index in [0.717, 1.165) is 3.93 Å². The average Bonchev–Trinajstić information content (AvgIpc) is 1.69. The van der Waals surface area contributed by atoms with Crippen LogP contribution in [0.5, 0.6) is 0 Å². The molecule has 7 heavy (non-hydrogen) atoms. The van der Waals surface area contributed by atoms with E-state index in [0.29, 0.717) is 0 Å². The van der Waals surface area contributed by atoms with Gasteiger partial charge in [0.05, 0.1) is 0 Å². The van der Waals surface area contributed by atoms with Gasteiger partial charge in [-0.15, -0.1) is 0 Å². The molecule has 0 unspecified atom stereocenters. The van der Waals surface area contributed by atoms with Gasteiger partial charge in [0.2, 0.25) is 0 Å². The van der Waals surface area contributed by atoms with Crippen LogP contribution in [0, 0.1) is 0 Å². The molecule has 1 aliphatic rings. The molecule has 0 heterocycles. The molecule has 0 nitrogen and oxygen atoms in total. The molecule has 3 radical (unpaired) electrons. The minimum absolute atomic E-state index is 1.13. The van der Waals surface area contributed by atoms with Crippen molar-refractivity contribution in [1.29, 1.82) is 0 Å². The zero-order valence-electron chi connectivity index (χ0n) is 4.61. The van der Waals surface area contributed by atoms with Crippen LogP contribution in [0.3, 0.4) is 0 Å². The summed E-state index contributed by atoms with van der Waals surface area (Å²) in [4.78, 5) is 0. The molecule has 0 N–H and O–H groups in total. The van der Waals surface area contributed by atoms with Crippen molar-refractivity contribution in [3.8, 4) is 0 Å². The van der Waals surface area contributed by atoms with Gasteiger partial charge in [-0.2, -0.15) is 0 Å². The fourth-order valence-corrected chi connectivity index (χ4v) is 2.27. The van der Waals surface area contributed by atoms with Crippen LogP contribution < -0.4 is 0 Å². The van der Waals surface area contributed by atoms with Crippen LogP contribution in [0.25, 0.3) is 0 Å². The summed E-state index contributed by atoms with van der Waals surface area (Å²) in [5.41, 5.74) is 0. The van der Waals surface area contributed by atoms with Crippen molar-refractivity contribution in [3.63, 3.8) is 0 Å². The SMILES string of the molecule is [Sn][CH]1CCCCC1. The first kappa shape index (κ1) is 5.93. The Morgan fingerprint density at radius 1 is 1.00 bits per heavy atom. The normalized spacial score (nSPS) is 25.3. The minimum atomic E-state index is 1.13. The standard InChI is InChI=1S/C6H11.Sn/c1-2-4-6-5-3-1;/h1H,2-6H2;. The molecule has 0 spiro atoms. The molecule has 1 fully saturated rings. The summed E-state index contributed by atoms with van der Waals surface area (Å²) in [6, 6.07) is 0. The predicted molar refractivity (Wildman–Crippen MR) is 32.6 cm³/mol. The summed E-state index contributed by atoms with van der Waals surface area (Å²) in [5.74, 6) is 0. The first-order valence-electron chi connectivity index (χ1n) is 3.11. The third-order valence-electron chi connectivity index (χ3n) is 1.61. The van der Waals surface area contributed by atoms with Crippen LogP contribution in [0.2, 0.25) is 3.93 Å². The van der Waals surface area contributed by atoms with Gasteiger partial charge in [-0.25, -0.2) is 0 Å². The number of rotatable bonds is 0. The molecular weight excluding hydrogens is 191 g/mol. The Hall–Kier alpha value is 0.799. The fraction of sp³-hybridized carbons (Fsp3) is 1.00. The van der Waals surface area contributed by atoms with Crippen LogP contribution in [-0.4, -0.2) is 22.5 Å². The van der Waals surface area contributed by atoms with Gasteiger partial charge < -0.3 is 0 Å². The third kappa shape index (κ3) is 2.02. The topological polar surface area (TPSA) is 0 Å². The second-order valence-corrected chi connectivity index (χ2v) is 4.67. The molecular formula is C6H11Sn. The van der Waals surface area contributed by atoms with Crippen molar-refractivity contribution >= 4 is 22.5 Å². The molecule has 0 aromatic carbocycles. The molecule has 0 aromatic rings. The van der Waals surface area contributed by atoms with E-state index >= 15 is 0 Å². The summed E-state index contributed by atoms with van der Waals surface area (Å²) in [7, 11) is 0. The summed E-state index contributed by atoms with van der Waals surface area (Å²) in [6.45, 7) is 0. The Kier molecular flexibility index (Phi) is 2.50. The predicted octanol–water partition coefficient (Wildman–Crippen LogP) is 1.91. The summed E-state index contributed by atoms with van der Waals surface area (Å²) >= 11 is 1.77. The molecule has 0 atom stereocenters. The van der Waals surface area contributed by atoms with Crippen LogP contribution >= 0.6 is 0 Å².